The number of anilines is 1. The van der Waals surface area contributed by atoms with E-state index in [9.17, 15) is 10.1 Å². The molecule has 0 spiro atoms. The number of rotatable bonds is 9. The van der Waals surface area contributed by atoms with Gasteiger partial charge < -0.3 is 9.47 Å². The molecule has 0 atom stereocenters. The highest BCUT2D eigenvalue weighted by Crippen LogP contribution is 2.30. The Kier molecular flexibility index (Phi) is 8.20. The first-order valence-corrected chi connectivity index (χ1v) is 11.0. The highest BCUT2D eigenvalue weighted by molar-refractivity contribution is 7.15. The zero-order valence-corrected chi connectivity index (χ0v) is 19.2. The van der Waals surface area contributed by atoms with E-state index in [1.165, 1.54) is 24.5 Å². The Morgan fingerprint density at radius 3 is 2.78 bits per heavy atom. The normalized spacial score (nSPS) is 11.0. The number of hydrogen-bond donors (Lipinski definition) is 1. The van der Waals surface area contributed by atoms with Crippen molar-refractivity contribution in [3.8, 4) is 17.6 Å². The van der Waals surface area contributed by atoms with Crippen LogP contribution < -0.4 is 14.8 Å². The van der Waals surface area contributed by atoms with Crippen LogP contribution in [0.4, 0.5) is 5.13 Å². The topological polar surface area (TPSA) is 97.1 Å². The fourth-order valence-electron chi connectivity index (χ4n) is 2.76. The highest BCUT2D eigenvalue weighted by Gasteiger charge is 2.14. The summed E-state index contributed by atoms with van der Waals surface area (Å²) in [4.78, 5) is 12.5. The molecule has 32 heavy (non-hydrogen) atoms. The van der Waals surface area contributed by atoms with Gasteiger partial charge in [-0.3, -0.25) is 10.1 Å². The largest absolute Gasteiger partial charge is 0.493 e. The number of carbonyl (C=O) groups is 1. The molecule has 9 heteroatoms. The summed E-state index contributed by atoms with van der Waals surface area (Å²) in [6.07, 6.45) is 3.20. The van der Waals surface area contributed by atoms with Crippen LogP contribution in [0, 0.1) is 11.3 Å². The van der Waals surface area contributed by atoms with Crippen molar-refractivity contribution in [3.05, 3.63) is 69.2 Å². The van der Waals surface area contributed by atoms with Crippen LogP contribution in [0.25, 0.3) is 6.08 Å². The van der Waals surface area contributed by atoms with Crippen molar-refractivity contribution in [2.24, 2.45) is 0 Å². The summed E-state index contributed by atoms with van der Waals surface area (Å²) in [5.74, 6) is 0.436. The molecule has 0 unspecified atom stereocenters. The van der Waals surface area contributed by atoms with E-state index in [0.29, 0.717) is 27.2 Å². The molecule has 0 saturated heterocycles. The molecule has 3 aromatic rings. The van der Waals surface area contributed by atoms with Crippen molar-refractivity contribution < 1.29 is 14.3 Å². The Balaban J connectivity index is 1.73. The molecular formula is C23H21ClN4O3S. The third-order valence-electron chi connectivity index (χ3n) is 4.36. The van der Waals surface area contributed by atoms with Gasteiger partial charge in [-0.1, -0.05) is 54.1 Å². The number of methoxy groups -OCH3 is 1. The minimum Gasteiger partial charge on any atom is -0.493 e. The van der Waals surface area contributed by atoms with Gasteiger partial charge in [0.1, 0.15) is 23.3 Å². The average Bonchev–Trinajstić information content (AvgIpc) is 3.24. The van der Waals surface area contributed by atoms with E-state index in [1.54, 1.807) is 24.3 Å². The molecule has 0 saturated carbocycles. The van der Waals surface area contributed by atoms with Crippen molar-refractivity contribution >= 4 is 40.1 Å². The minimum atomic E-state index is -0.551. The number of amides is 1. The Bertz CT molecular complexity index is 1170. The molecule has 0 aliphatic rings. The summed E-state index contributed by atoms with van der Waals surface area (Å²) in [6.45, 7) is 2.32. The third-order valence-corrected chi connectivity index (χ3v) is 5.62. The summed E-state index contributed by atoms with van der Waals surface area (Å²) < 4.78 is 11.3. The predicted octanol–water partition coefficient (Wildman–Crippen LogP) is 5.28. The Morgan fingerprint density at radius 2 is 2.06 bits per heavy atom. The smallest absolute Gasteiger partial charge is 0.268 e. The molecule has 0 bridgehead atoms. The van der Waals surface area contributed by atoms with Crippen LogP contribution in [-0.4, -0.2) is 23.2 Å². The monoisotopic (exact) mass is 468 g/mol. The maximum atomic E-state index is 12.5. The number of nitriles is 1. The fourth-order valence-corrected chi connectivity index (χ4v) is 3.79. The maximum Gasteiger partial charge on any atom is 0.268 e. The second-order valence-corrected chi connectivity index (χ2v) is 8.13. The number of benzene rings is 2. The standard InChI is InChI=1S/C23H21ClN4O3S/c1-3-6-21-27-28-23(32-21)26-22(29)17(13-25)11-15-9-10-19(20(12-15)30-2)31-14-16-7-4-5-8-18(16)24/h4-5,7-12H,3,6,14H2,1-2H3,(H,26,28,29)/b17-11-. The number of ether oxygens (including phenoxy) is 2. The van der Waals surface area contributed by atoms with E-state index in [1.807, 2.05) is 31.2 Å². The van der Waals surface area contributed by atoms with E-state index < -0.39 is 5.91 Å². The van der Waals surface area contributed by atoms with Crippen LogP contribution in [0.5, 0.6) is 11.5 Å². The molecule has 3 rings (SSSR count). The van der Waals surface area contributed by atoms with E-state index in [0.717, 1.165) is 23.4 Å². The van der Waals surface area contributed by atoms with Crippen molar-refractivity contribution in [2.45, 2.75) is 26.4 Å². The number of carbonyl (C=O) groups excluding carboxylic acids is 1. The molecule has 0 aliphatic heterocycles. The lowest BCUT2D eigenvalue weighted by Gasteiger charge is -2.12. The van der Waals surface area contributed by atoms with Gasteiger partial charge in [0, 0.05) is 17.0 Å². The molecule has 0 aliphatic carbocycles. The summed E-state index contributed by atoms with van der Waals surface area (Å²) in [6, 6.07) is 14.5. The summed E-state index contributed by atoms with van der Waals surface area (Å²) in [5, 5.41) is 21.9. The van der Waals surface area contributed by atoms with Crippen LogP contribution in [0.1, 0.15) is 29.5 Å². The maximum absolute atomic E-state index is 12.5. The van der Waals surface area contributed by atoms with Gasteiger partial charge in [0.25, 0.3) is 5.91 Å². The number of nitrogens with one attached hydrogen (secondary N) is 1. The molecular weight excluding hydrogens is 448 g/mol. The SMILES string of the molecule is CCCc1nnc(NC(=O)/C(C#N)=C\c2ccc(OCc3ccccc3Cl)c(OC)c2)s1. The lowest BCUT2D eigenvalue weighted by Crippen LogP contribution is -2.13. The molecule has 2 aromatic carbocycles. The predicted molar refractivity (Wildman–Crippen MR) is 125 cm³/mol. The molecule has 0 fully saturated rings. The first-order valence-electron chi connectivity index (χ1n) is 9.83. The quantitative estimate of drug-likeness (QED) is 0.339. The minimum absolute atomic E-state index is 0.0657. The second kappa shape index (κ2) is 11.3. The first-order chi connectivity index (χ1) is 15.5. The van der Waals surface area contributed by atoms with E-state index in [2.05, 4.69) is 15.5 Å². The highest BCUT2D eigenvalue weighted by atomic mass is 35.5. The average molecular weight is 469 g/mol. The molecule has 1 aromatic heterocycles. The summed E-state index contributed by atoms with van der Waals surface area (Å²) >= 11 is 7.47. The molecule has 164 valence electrons. The second-order valence-electron chi connectivity index (χ2n) is 6.67. The van der Waals surface area contributed by atoms with Gasteiger partial charge in [0.15, 0.2) is 11.5 Å². The van der Waals surface area contributed by atoms with E-state index >= 15 is 0 Å². The Labute approximate surface area is 195 Å². The van der Waals surface area contributed by atoms with Gasteiger partial charge in [-0.05, 0) is 36.3 Å². The third kappa shape index (κ3) is 6.06. The van der Waals surface area contributed by atoms with Crippen molar-refractivity contribution in [1.82, 2.24) is 10.2 Å². The lowest BCUT2D eigenvalue weighted by atomic mass is 10.1. The molecule has 0 radical (unpaired) electrons. The van der Waals surface area contributed by atoms with E-state index in [-0.39, 0.29) is 12.2 Å². The van der Waals surface area contributed by atoms with Crippen molar-refractivity contribution in [1.29, 1.82) is 5.26 Å². The van der Waals surface area contributed by atoms with E-state index in [4.69, 9.17) is 21.1 Å². The van der Waals surface area contributed by atoms with Gasteiger partial charge in [0.2, 0.25) is 5.13 Å². The van der Waals surface area contributed by atoms with Gasteiger partial charge in [-0.15, -0.1) is 10.2 Å². The number of aryl methyl sites for hydroxylation is 1. The van der Waals surface area contributed by atoms with Gasteiger partial charge in [-0.25, -0.2) is 0 Å². The molecule has 1 N–H and O–H groups in total. The van der Waals surface area contributed by atoms with Gasteiger partial charge in [-0.2, -0.15) is 5.26 Å². The van der Waals surface area contributed by atoms with Gasteiger partial charge >= 0.3 is 0 Å². The summed E-state index contributed by atoms with van der Waals surface area (Å²) in [7, 11) is 1.52. The van der Waals surface area contributed by atoms with Crippen LogP contribution in [0.15, 0.2) is 48.0 Å². The number of nitrogens with zero attached hydrogens (tertiary/aromatic N) is 3. The number of hydrogen-bond acceptors (Lipinski definition) is 7. The lowest BCUT2D eigenvalue weighted by molar-refractivity contribution is -0.112. The zero-order valence-electron chi connectivity index (χ0n) is 17.6. The molecule has 7 nitrogen and oxygen atoms in total. The van der Waals surface area contributed by atoms with Crippen LogP contribution in [0.3, 0.4) is 0 Å². The molecule has 1 amide bonds. The fraction of sp³-hybridized carbons (Fsp3) is 0.217. The number of aromatic nitrogens is 2. The first kappa shape index (κ1) is 23.3. The molecule has 1 heterocycles. The Morgan fingerprint density at radius 1 is 1.25 bits per heavy atom. The van der Waals surface area contributed by atoms with Crippen molar-refractivity contribution in [3.63, 3.8) is 0 Å². The number of halogens is 1. The van der Waals surface area contributed by atoms with Gasteiger partial charge in [0.05, 0.1) is 7.11 Å². The van der Waals surface area contributed by atoms with Crippen LogP contribution in [0.2, 0.25) is 5.02 Å². The Hall–Kier alpha value is -3.41. The van der Waals surface area contributed by atoms with Crippen LogP contribution >= 0.6 is 22.9 Å². The zero-order chi connectivity index (χ0) is 22.9. The van der Waals surface area contributed by atoms with Crippen molar-refractivity contribution in [2.75, 3.05) is 12.4 Å². The van der Waals surface area contributed by atoms with Crippen LogP contribution in [-0.2, 0) is 17.8 Å². The summed E-state index contributed by atoms with van der Waals surface area (Å²) in [5.41, 5.74) is 1.40.